The lowest BCUT2D eigenvalue weighted by Crippen LogP contribution is -3.00. The normalized spacial score (nSPS) is 25.6. The van der Waals surface area contributed by atoms with Crippen molar-refractivity contribution in [2.24, 2.45) is 0 Å². The van der Waals surface area contributed by atoms with Crippen molar-refractivity contribution in [3.05, 3.63) is 0 Å². The molecule has 136 valence electrons. The SMILES string of the molecule is CC(O)C(C)[N+](C(C)C(C)O)(C(C)C(C)O)C(C)C(C)O.[Cl-]. The number of quaternary nitrogens is 1. The molecule has 0 aromatic rings. The zero-order valence-corrected chi connectivity index (χ0v) is 16.0. The third-order valence-corrected chi connectivity index (χ3v) is 5.61. The number of hydrogen-bond acceptors (Lipinski definition) is 4. The van der Waals surface area contributed by atoms with E-state index in [0.717, 1.165) is 0 Å². The summed E-state index contributed by atoms with van der Waals surface area (Å²) in [5.41, 5.74) is 0. The first-order valence-electron chi connectivity index (χ1n) is 8.02. The Hall–Kier alpha value is 0.0900. The van der Waals surface area contributed by atoms with Crippen molar-refractivity contribution in [3.63, 3.8) is 0 Å². The van der Waals surface area contributed by atoms with Gasteiger partial charge in [0.1, 0.15) is 48.6 Å². The van der Waals surface area contributed by atoms with Gasteiger partial charge in [0.25, 0.3) is 0 Å². The molecule has 0 saturated heterocycles. The Morgan fingerprint density at radius 2 is 0.591 bits per heavy atom. The predicted octanol–water partition coefficient (Wildman–Crippen LogP) is -2.12. The largest absolute Gasteiger partial charge is 1.00 e. The van der Waals surface area contributed by atoms with E-state index >= 15 is 0 Å². The molecule has 0 rings (SSSR count). The van der Waals surface area contributed by atoms with Gasteiger partial charge in [0, 0.05) is 0 Å². The molecular formula is C16H36ClNO4. The molecule has 8 unspecified atom stereocenters. The van der Waals surface area contributed by atoms with Crippen LogP contribution in [-0.4, -0.2) is 73.5 Å². The van der Waals surface area contributed by atoms with Gasteiger partial charge in [0.05, 0.1) is 0 Å². The van der Waals surface area contributed by atoms with E-state index < -0.39 is 24.4 Å². The van der Waals surface area contributed by atoms with E-state index in [2.05, 4.69) is 0 Å². The average Bonchev–Trinajstić information content (AvgIpc) is 2.37. The molecule has 0 amide bonds. The molecule has 22 heavy (non-hydrogen) atoms. The van der Waals surface area contributed by atoms with Crippen LogP contribution in [0.15, 0.2) is 0 Å². The van der Waals surface area contributed by atoms with Gasteiger partial charge in [0.2, 0.25) is 0 Å². The van der Waals surface area contributed by atoms with Gasteiger partial charge in [-0.05, 0) is 55.4 Å². The number of aliphatic hydroxyl groups excluding tert-OH is 4. The van der Waals surface area contributed by atoms with Crippen molar-refractivity contribution in [2.75, 3.05) is 0 Å². The Morgan fingerprint density at radius 3 is 0.682 bits per heavy atom. The Kier molecular flexibility index (Phi) is 10.4. The molecule has 0 saturated carbocycles. The summed E-state index contributed by atoms with van der Waals surface area (Å²) in [6.07, 6.45) is -2.47. The van der Waals surface area contributed by atoms with Crippen LogP contribution in [0.3, 0.4) is 0 Å². The van der Waals surface area contributed by atoms with Crippen molar-refractivity contribution in [1.82, 2.24) is 0 Å². The zero-order valence-electron chi connectivity index (χ0n) is 15.2. The van der Waals surface area contributed by atoms with Crippen LogP contribution in [0.5, 0.6) is 0 Å². The van der Waals surface area contributed by atoms with Gasteiger partial charge in [-0.15, -0.1) is 0 Å². The fraction of sp³-hybridized carbons (Fsp3) is 1.00. The molecule has 0 aliphatic heterocycles. The van der Waals surface area contributed by atoms with Gasteiger partial charge in [0.15, 0.2) is 0 Å². The second-order valence-corrected chi connectivity index (χ2v) is 6.82. The van der Waals surface area contributed by atoms with Crippen LogP contribution in [0.1, 0.15) is 55.4 Å². The number of halogens is 1. The average molecular weight is 342 g/mol. The molecule has 0 spiro atoms. The highest BCUT2D eigenvalue weighted by Crippen LogP contribution is 2.35. The monoisotopic (exact) mass is 341 g/mol. The molecule has 0 aliphatic rings. The van der Waals surface area contributed by atoms with E-state index in [1.807, 2.05) is 27.7 Å². The van der Waals surface area contributed by atoms with Crippen LogP contribution in [0.4, 0.5) is 0 Å². The first kappa shape index (κ1) is 24.3. The van der Waals surface area contributed by atoms with Crippen molar-refractivity contribution in [2.45, 2.75) is 104 Å². The van der Waals surface area contributed by atoms with E-state index in [9.17, 15) is 20.4 Å². The Morgan fingerprint density at radius 1 is 0.455 bits per heavy atom. The lowest BCUT2D eigenvalue weighted by Gasteiger charge is -2.58. The highest BCUT2D eigenvalue weighted by atomic mass is 35.5. The summed E-state index contributed by atoms with van der Waals surface area (Å²) in [6.45, 7) is 14.5. The van der Waals surface area contributed by atoms with Crippen molar-refractivity contribution in [1.29, 1.82) is 0 Å². The van der Waals surface area contributed by atoms with Crippen molar-refractivity contribution < 1.29 is 37.3 Å². The van der Waals surface area contributed by atoms with E-state index in [1.165, 1.54) is 0 Å². The van der Waals surface area contributed by atoms with Crippen LogP contribution >= 0.6 is 0 Å². The van der Waals surface area contributed by atoms with Gasteiger partial charge in [-0.2, -0.15) is 0 Å². The molecule has 0 heterocycles. The summed E-state index contributed by atoms with van der Waals surface area (Å²) >= 11 is 0. The second-order valence-electron chi connectivity index (χ2n) is 6.82. The molecule has 5 nitrogen and oxygen atoms in total. The quantitative estimate of drug-likeness (QED) is 0.381. The molecule has 4 N–H and O–H groups in total. The first-order chi connectivity index (χ1) is 9.42. The van der Waals surface area contributed by atoms with Crippen LogP contribution < -0.4 is 12.4 Å². The highest BCUT2D eigenvalue weighted by Gasteiger charge is 2.53. The number of nitrogens with zero attached hydrogens (tertiary/aromatic N) is 1. The maximum absolute atomic E-state index is 10.2. The van der Waals surface area contributed by atoms with Gasteiger partial charge in [-0.1, -0.05) is 0 Å². The Labute approximate surface area is 142 Å². The van der Waals surface area contributed by atoms with E-state index in [4.69, 9.17) is 0 Å². The maximum atomic E-state index is 10.2. The minimum Gasteiger partial charge on any atom is -1.00 e. The van der Waals surface area contributed by atoms with Crippen molar-refractivity contribution >= 4 is 0 Å². The Balaban J connectivity index is 0. The van der Waals surface area contributed by atoms with Gasteiger partial charge < -0.3 is 37.3 Å². The Bertz CT molecular complexity index is 249. The first-order valence-corrected chi connectivity index (χ1v) is 8.02. The standard InChI is InChI=1S/C16H36NO4.ClH/c1-9(13(5)18)17(10(2)14(6)19,11(3)15(7)20)12(4)16(8)21;/h9-16,18-21H,1-8H3;1H/q+1;/p-1. The molecule has 0 aliphatic carbocycles. The fourth-order valence-electron chi connectivity index (χ4n) is 3.72. The van der Waals surface area contributed by atoms with Crippen LogP contribution in [-0.2, 0) is 0 Å². The minimum atomic E-state index is -0.617. The molecule has 6 heteroatoms. The minimum absolute atomic E-state index is 0. The molecule has 8 atom stereocenters. The fourth-order valence-corrected chi connectivity index (χ4v) is 3.72. The summed E-state index contributed by atoms with van der Waals surface area (Å²) in [6, 6.07) is -0.930. The number of hydrogen-bond donors (Lipinski definition) is 4. The summed E-state index contributed by atoms with van der Waals surface area (Å²) in [5, 5.41) is 40.8. The molecule has 0 bridgehead atoms. The van der Waals surface area contributed by atoms with Crippen LogP contribution in [0.2, 0.25) is 0 Å². The smallest absolute Gasteiger partial charge is 0.113 e. The van der Waals surface area contributed by atoms with E-state index in [1.54, 1.807) is 27.7 Å². The molecule has 0 radical (unpaired) electrons. The number of aliphatic hydroxyl groups is 4. The molecule has 0 fully saturated rings. The van der Waals surface area contributed by atoms with Gasteiger partial charge in [-0.25, -0.2) is 0 Å². The molecular weight excluding hydrogens is 306 g/mol. The van der Waals surface area contributed by atoms with Gasteiger partial charge in [-0.3, -0.25) is 0 Å². The van der Waals surface area contributed by atoms with Crippen LogP contribution in [0.25, 0.3) is 0 Å². The second kappa shape index (κ2) is 9.40. The number of rotatable bonds is 8. The third-order valence-electron chi connectivity index (χ3n) is 5.61. The van der Waals surface area contributed by atoms with Gasteiger partial charge >= 0.3 is 0 Å². The lowest BCUT2D eigenvalue weighted by molar-refractivity contribution is -1.02. The summed E-state index contributed by atoms with van der Waals surface area (Å²) in [7, 11) is 0. The maximum Gasteiger partial charge on any atom is 0.113 e. The third kappa shape index (κ3) is 4.56. The molecule has 0 aromatic heterocycles. The topological polar surface area (TPSA) is 80.9 Å². The highest BCUT2D eigenvalue weighted by molar-refractivity contribution is 4.80. The molecule has 0 aromatic carbocycles. The van der Waals surface area contributed by atoms with Crippen molar-refractivity contribution in [3.8, 4) is 0 Å². The van der Waals surface area contributed by atoms with E-state index in [-0.39, 0.29) is 41.1 Å². The zero-order chi connectivity index (χ0) is 17.1. The summed E-state index contributed by atoms with van der Waals surface area (Å²) < 4.78 is 0.269. The summed E-state index contributed by atoms with van der Waals surface area (Å²) in [5.74, 6) is 0. The summed E-state index contributed by atoms with van der Waals surface area (Å²) in [4.78, 5) is 0. The van der Waals surface area contributed by atoms with E-state index in [0.29, 0.717) is 0 Å². The lowest BCUT2D eigenvalue weighted by atomic mass is 9.89. The predicted molar refractivity (Wildman–Crippen MR) is 84.8 cm³/mol. The van der Waals surface area contributed by atoms with Crippen LogP contribution in [0, 0.1) is 0 Å².